The number of carbonyl (C=O) groups is 2. The van der Waals surface area contributed by atoms with Crippen LogP contribution in [0.3, 0.4) is 0 Å². The van der Waals surface area contributed by atoms with Gasteiger partial charge in [0.15, 0.2) is 0 Å². The fourth-order valence-electron chi connectivity index (χ4n) is 5.85. The first-order valence-electron chi connectivity index (χ1n) is 9.21. The summed E-state index contributed by atoms with van der Waals surface area (Å²) >= 11 is 0. The van der Waals surface area contributed by atoms with E-state index < -0.39 is 0 Å². The molecule has 5 aliphatic rings. The second-order valence-corrected chi connectivity index (χ2v) is 8.66. The highest BCUT2D eigenvalue weighted by molar-refractivity contribution is 5.83. The average Bonchev–Trinajstić information content (AvgIpc) is 2.84. The summed E-state index contributed by atoms with van der Waals surface area (Å²) in [5.74, 6) is 2.53. The number of carbonyl (C=O) groups excluding carboxylic acids is 2. The van der Waals surface area contributed by atoms with Crippen molar-refractivity contribution in [2.45, 2.75) is 64.5 Å². The smallest absolute Gasteiger partial charge is 0.410 e. The highest BCUT2D eigenvalue weighted by atomic mass is 16.6. The molecule has 0 aromatic rings. The Morgan fingerprint density at radius 3 is 2.26 bits per heavy atom. The van der Waals surface area contributed by atoms with Gasteiger partial charge in [-0.25, -0.2) is 4.79 Å². The molecular formula is C18H28N2O3. The quantitative estimate of drug-likeness (QED) is 0.866. The fraction of sp³-hybridized carbons (Fsp3) is 0.889. The van der Waals surface area contributed by atoms with Crippen molar-refractivity contribution in [3.8, 4) is 0 Å². The first kappa shape index (κ1) is 15.3. The topological polar surface area (TPSA) is 58.6 Å². The van der Waals surface area contributed by atoms with Crippen LogP contribution >= 0.6 is 0 Å². The van der Waals surface area contributed by atoms with Crippen LogP contribution in [-0.4, -0.2) is 42.1 Å². The van der Waals surface area contributed by atoms with Gasteiger partial charge in [-0.15, -0.1) is 0 Å². The lowest BCUT2D eigenvalue weighted by Gasteiger charge is -2.55. The van der Waals surface area contributed by atoms with Gasteiger partial charge in [0.1, 0.15) is 6.10 Å². The predicted octanol–water partition coefficient (Wildman–Crippen LogP) is 2.55. The zero-order chi connectivity index (χ0) is 16.2. The van der Waals surface area contributed by atoms with Crippen molar-refractivity contribution in [2.24, 2.45) is 23.2 Å². The van der Waals surface area contributed by atoms with Crippen molar-refractivity contribution in [2.75, 3.05) is 13.1 Å². The van der Waals surface area contributed by atoms with Crippen molar-refractivity contribution in [3.05, 3.63) is 0 Å². The number of ether oxygens (including phenoxy) is 1. The molecule has 128 valence electrons. The molecule has 0 aromatic heterocycles. The van der Waals surface area contributed by atoms with Gasteiger partial charge < -0.3 is 15.0 Å². The molecule has 5 nitrogen and oxygen atoms in total. The normalized spacial score (nSPS) is 41.5. The SMILES string of the molecule is CC(C)N1CC(CNC(=O)C23CC4CC(CC(C4)C2)C3)OC1=O. The summed E-state index contributed by atoms with van der Waals surface area (Å²) < 4.78 is 5.38. The van der Waals surface area contributed by atoms with Crippen molar-refractivity contribution < 1.29 is 14.3 Å². The van der Waals surface area contributed by atoms with Crippen molar-refractivity contribution in [3.63, 3.8) is 0 Å². The van der Waals surface area contributed by atoms with Gasteiger partial charge in [-0.3, -0.25) is 4.79 Å². The standard InChI is InChI=1S/C18H28N2O3/c1-11(2)20-10-15(23-17(20)22)9-19-16(21)18-6-12-3-13(7-18)5-14(4-12)8-18/h11-15H,3-10H2,1-2H3,(H,19,21). The van der Waals surface area contributed by atoms with E-state index >= 15 is 0 Å². The number of hydrogen-bond acceptors (Lipinski definition) is 3. The van der Waals surface area contributed by atoms with E-state index in [2.05, 4.69) is 5.32 Å². The lowest BCUT2D eigenvalue weighted by Crippen LogP contribution is -2.54. The molecule has 5 fully saturated rings. The second kappa shape index (κ2) is 5.38. The summed E-state index contributed by atoms with van der Waals surface area (Å²) in [6, 6.07) is 0.145. The van der Waals surface area contributed by atoms with Gasteiger partial charge in [-0.2, -0.15) is 0 Å². The largest absolute Gasteiger partial charge is 0.442 e. The fourth-order valence-corrected chi connectivity index (χ4v) is 5.85. The maximum atomic E-state index is 12.9. The summed E-state index contributed by atoms with van der Waals surface area (Å²) in [4.78, 5) is 26.4. The van der Waals surface area contributed by atoms with E-state index in [0.29, 0.717) is 13.1 Å². The Morgan fingerprint density at radius 2 is 1.78 bits per heavy atom. The maximum Gasteiger partial charge on any atom is 0.410 e. The van der Waals surface area contributed by atoms with Crippen LogP contribution in [0.15, 0.2) is 0 Å². The van der Waals surface area contributed by atoms with Gasteiger partial charge in [0.2, 0.25) is 5.91 Å². The van der Waals surface area contributed by atoms with Crippen molar-refractivity contribution in [1.29, 1.82) is 0 Å². The van der Waals surface area contributed by atoms with Gasteiger partial charge in [0, 0.05) is 11.5 Å². The van der Waals surface area contributed by atoms with Gasteiger partial charge in [-0.1, -0.05) is 0 Å². The Balaban J connectivity index is 1.35. The van der Waals surface area contributed by atoms with Gasteiger partial charge >= 0.3 is 6.09 Å². The molecule has 0 spiro atoms. The summed E-state index contributed by atoms with van der Waals surface area (Å²) in [5, 5.41) is 3.12. The lowest BCUT2D eigenvalue weighted by atomic mass is 9.49. The van der Waals surface area contributed by atoms with E-state index in [0.717, 1.165) is 37.0 Å². The van der Waals surface area contributed by atoms with Crippen LogP contribution < -0.4 is 5.32 Å². The summed E-state index contributed by atoms with van der Waals surface area (Å²) in [6.45, 7) is 5.00. The molecule has 4 saturated carbocycles. The molecule has 1 saturated heterocycles. The summed E-state index contributed by atoms with van der Waals surface area (Å²) in [5.41, 5.74) is -0.116. The lowest BCUT2D eigenvalue weighted by molar-refractivity contribution is -0.146. The van der Waals surface area contributed by atoms with E-state index in [9.17, 15) is 9.59 Å². The van der Waals surface area contributed by atoms with Gasteiger partial charge in [0.25, 0.3) is 0 Å². The van der Waals surface area contributed by atoms with E-state index in [4.69, 9.17) is 4.74 Å². The molecular weight excluding hydrogens is 292 g/mol. The molecule has 4 bridgehead atoms. The number of amides is 2. The summed E-state index contributed by atoms with van der Waals surface area (Å²) in [6.07, 6.45) is 6.80. The van der Waals surface area contributed by atoms with Gasteiger partial charge in [0.05, 0.1) is 13.1 Å². The molecule has 4 aliphatic carbocycles. The van der Waals surface area contributed by atoms with Crippen molar-refractivity contribution >= 4 is 12.0 Å². The predicted molar refractivity (Wildman–Crippen MR) is 85.7 cm³/mol. The Hall–Kier alpha value is -1.26. The van der Waals surface area contributed by atoms with Crippen LogP contribution in [0.4, 0.5) is 4.79 Å². The number of hydrogen-bond donors (Lipinski definition) is 1. The Kier molecular flexibility index (Phi) is 3.58. The zero-order valence-corrected chi connectivity index (χ0v) is 14.2. The summed E-state index contributed by atoms with van der Waals surface area (Å²) in [7, 11) is 0. The van der Waals surface area contributed by atoms with Crippen LogP contribution in [0.25, 0.3) is 0 Å². The van der Waals surface area contributed by atoms with Crippen molar-refractivity contribution in [1.82, 2.24) is 10.2 Å². The van der Waals surface area contributed by atoms with Crippen LogP contribution in [-0.2, 0) is 9.53 Å². The molecule has 1 heterocycles. The highest BCUT2D eigenvalue weighted by Gasteiger charge is 2.54. The number of rotatable bonds is 4. The second-order valence-electron chi connectivity index (χ2n) is 8.66. The molecule has 5 heteroatoms. The number of nitrogens with one attached hydrogen (secondary N) is 1. The van der Waals surface area contributed by atoms with E-state index in [1.807, 2.05) is 13.8 Å². The third-order valence-corrected chi connectivity index (χ3v) is 6.54. The first-order valence-corrected chi connectivity index (χ1v) is 9.21. The highest BCUT2D eigenvalue weighted by Crippen LogP contribution is 2.60. The van der Waals surface area contributed by atoms with Crippen LogP contribution in [0.5, 0.6) is 0 Å². The number of cyclic esters (lactones) is 1. The van der Waals surface area contributed by atoms with E-state index in [1.165, 1.54) is 19.3 Å². The average molecular weight is 320 g/mol. The molecule has 1 N–H and O–H groups in total. The number of nitrogens with zero attached hydrogens (tertiary/aromatic N) is 1. The van der Waals surface area contributed by atoms with Crippen LogP contribution in [0, 0.1) is 23.2 Å². The Morgan fingerprint density at radius 1 is 1.22 bits per heavy atom. The monoisotopic (exact) mass is 320 g/mol. The molecule has 1 aliphatic heterocycles. The first-order chi connectivity index (χ1) is 10.9. The van der Waals surface area contributed by atoms with Gasteiger partial charge in [-0.05, 0) is 70.1 Å². The van der Waals surface area contributed by atoms with E-state index in [-0.39, 0.29) is 29.6 Å². The minimum Gasteiger partial charge on any atom is -0.442 e. The van der Waals surface area contributed by atoms with Crippen LogP contribution in [0.2, 0.25) is 0 Å². The van der Waals surface area contributed by atoms with Crippen LogP contribution in [0.1, 0.15) is 52.4 Å². The zero-order valence-electron chi connectivity index (χ0n) is 14.2. The Labute approximate surface area is 138 Å². The minimum atomic E-state index is -0.256. The molecule has 1 atom stereocenters. The maximum absolute atomic E-state index is 12.9. The molecule has 5 rings (SSSR count). The molecule has 0 aromatic carbocycles. The molecule has 2 amide bonds. The third kappa shape index (κ3) is 2.62. The Bertz CT molecular complexity index is 481. The molecule has 0 radical (unpaired) electrons. The molecule has 23 heavy (non-hydrogen) atoms. The minimum absolute atomic E-state index is 0.116. The molecule has 1 unspecified atom stereocenters. The third-order valence-electron chi connectivity index (χ3n) is 6.54. The van der Waals surface area contributed by atoms with E-state index in [1.54, 1.807) is 4.90 Å².